The monoisotopic (exact) mass is 387 g/mol. The van der Waals surface area contributed by atoms with E-state index in [4.69, 9.17) is 4.74 Å². The molecule has 144 valence electrons. The van der Waals surface area contributed by atoms with E-state index in [2.05, 4.69) is 24.1 Å². The molecule has 0 bridgehead atoms. The van der Waals surface area contributed by atoms with E-state index in [-0.39, 0.29) is 18.2 Å². The Bertz CT molecular complexity index is 826. The number of carbonyl (C=O) groups is 2. The fourth-order valence-corrected chi connectivity index (χ4v) is 3.80. The Morgan fingerprint density at radius 1 is 1.30 bits per heavy atom. The number of thiazole rings is 1. The average molecular weight is 388 g/mol. The first-order valence-corrected chi connectivity index (χ1v) is 10.0. The topological polar surface area (TPSA) is 71.5 Å². The maximum atomic E-state index is 12.8. The Kier molecular flexibility index (Phi) is 6.23. The lowest BCUT2D eigenvalue weighted by atomic mass is 10.0. The predicted octanol–water partition coefficient (Wildman–Crippen LogP) is 3.23. The normalized spacial score (nSPS) is 14.4. The Hall–Kier alpha value is -2.25. The molecule has 1 aromatic heterocycles. The van der Waals surface area contributed by atoms with Gasteiger partial charge in [-0.15, -0.1) is 11.3 Å². The van der Waals surface area contributed by atoms with Crippen LogP contribution >= 0.6 is 11.3 Å². The van der Waals surface area contributed by atoms with Crippen LogP contribution in [0.15, 0.2) is 23.6 Å². The highest BCUT2D eigenvalue weighted by Gasteiger charge is 2.21. The number of ether oxygens (including phenoxy) is 1. The molecule has 1 aliphatic heterocycles. The van der Waals surface area contributed by atoms with Gasteiger partial charge in [0.05, 0.1) is 30.3 Å². The Balaban J connectivity index is 1.69. The van der Waals surface area contributed by atoms with Crippen LogP contribution in [-0.2, 0) is 16.0 Å². The third kappa shape index (κ3) is 4.73. The Morgan fingerprint density at radius 2 is 2.04 bits per heavy atom. The van der Waals surface area contributed by atoms with Crippen molar-refractivity contribution in [1.82, 2.24) is 9.88 Å². The first-order chi connectivity index (χ1) is 13.0. The molecule has 27 heavy (non-hydrogen) atoms. The number of morpholine rings is 1. The number of hydrogen-bond acceptors (Lipinski definition) is 5. The van der Waals surface area contributed by atoms with Gasteiger partial charge in [-0.2, -0.15) is 0 Å². The highest BCUT2D eigenvalue weighted by Crippen LogP contribution is 2.22. The summed E-state index contributed by atoms with van der Waals surface area (Å²) >= 11 is 1.58. The molecule has 0 aliphatic carbocycles. The van der Waals surface area contributed by atoms with Crippen LogP contribution < -0.4 is 5.32 Å². The number of aromatic nitrogens is 1. The third-order valence-electron chi connectivity index (χ3n) is 4.54. The van der Waals surface area contributed by atoms with E-state index >= 15 is 0 Å². The Morgan fingerprint density at radius 3 is 2.70 bits per heavy atom. The number of carbonyl (C=O) groups excluding carboxylic acids is 2. The fourth-order valence-electron chi connectivity index (χ4n) is 2.97. The smallest absolute Gasteiger partial charge is 0.254 e. The van der Waals surface area contributed by atoms with Crippen molar-refractivity contribution in [3.05, 3.63) is 45.4 Å². The summed E-state index contributed by atoms with van der Waals surface area (Å²) in [5, 5.41) is 5.89. The Labute approximate surface area is 163 Å². The average Bonchev–Trinajstić information content (AvgIpc) is 3.12. The summed E-state index contributed by atoms with van der Waals surface area (Å²) < 4.78 is 5.31. The molecule has 1 fully saturated rings. The highest BCUT2D eigenvalue weighted by atomic mass is 32.1. The molecule has 1 saturated heterocycles. The van der Waals surface area contributed by atoms with Gasteiger partial charge in [0.25, 0.3) is 5.91 Å². The third-order valence-corrected chi connectivity index (χ3v) is 5.74. The zero-order valence-electron chi connectivity index (χ0n) is 15.9. The minimum Gasteiger partial charge on any atom is -0.378 e. The number of benzene rings is 1. The molecular weight excluding hydrogens is 362 g/mol. The van der Waals surface area contributed by atoms with Crippen molar-refractivity contribution in [3.63, 3.8) is 0 Å². The maximum absolute atomic E-state index is 12.8. The number of nitrogens with one attached hydrogen (secondary N) is 1. The van der Waals surface area contributed by atoms with Crippen molar-refractivity contribution in [1.29, 1.82) is 0 Å². The summed E-state index contributed by atoms with van der Waals surface area (Å²) in [6, 6.07) is 5.43. The maximum Gasteiger partial charge on any atom is 0.254 e. The van der Waals surface area contributed by atoms with Gasteiger partial charge in [0, 0.05) is 35.6 Å². The molecule has 2 heterocycles. The van der Waals surface area contributed by atoms with Crippen molar-refractivity contribution in [2.75, 3.05) is 31.6 Å². The van der Waals surface area contributed by atoms with Crippen LogP contribution in [-0.4, -0.2) is 48.0 Å². The minimum atomic E-state index is -0.130. The first-order valence-electron chi connectivity index (χ1n) is 9.16. The van der Waals surface area contributed by atoms with Crippen molar-refractivity contribution in [3.8, 4) is 0 Å². The number of nitrogens with zero attached hydrogens (tertiary/aromatic N) is 2. The van der Waals surface area contributed by atoms with Crippen LogP contribution in [0.25, 0.3) is 0 Å². The molecular formula is C20H25N3O3S. The first kappa shape index (κ1) is 19.5. The second-order valence-electron chi connectivity index (χ2n) is 6.94. The molecule has 1 aromatic carbocycles. The van der Waals surface area contributed by atoms with E-state index in [9.17, 15) is 9.59 Å². The lowest BCUT2D eigenvalue weighted by Gasteiger charge is -2.27. The van der Waals surface area contributed by atoms with Gasteiger partial charge in [0.1, 0.15) is 0 Å². The van der Waals surface area contributed by atoms with Crippen LogP contribution in [0.4, 0.5) is 5.69 Å². The van der Waals surface area contributed by atoms with Crippen LogP contribution in [0.5, 0.6) is 0 Å². The molecule has 1 N–H and O–H groups in total. The van der Waals surface area contributed by atoms with Gasteiger partial charge >= 0.3 is 0 Å². The fraction of sp³-hybridized carbons (Fsp3) is 0.450. The van der Waals surface area contributed by atoms with Crippen LogP contribution in [0.3, 0.4) is 0 Å². The number of amides is 2. The van der Waals surface area contributed by atoms with E-state index in [1.807, 2.05) is 18.4 Å². The van der Waals surface area contributed by atoms with Crippen LogP contribution in [0.2, 0.25) is 0 Å². The molecule has 7 heteroatoms. The molecule has 6 nitrogen and oxygen atoms in total. The van der Waals surface area contributed by atoms with Crippen molar-refractivity contribution >= 4 is 28.8 Å². The van der Waals surface area contributed by atoms with Crippen LogP contribution in [0, 0.1) is 6.92 Å². The zero-order chi connectivity index (χ0) is 19.4. The number of rotatable bonds is 5. The molecule has 0 radical (unpaired) electrons. The largest absolute Gasteiger partial charge is 0.378 e. The summed E-state index contributed by atoms with van der Waals surface area (Å²) in [7, 11) is 0. The molecule has 0 unspecified atom stereocenters. The van der Waals surface area contributed by atoms with Crippen molar-refractivity contribution in [2.24, 2.45) is 0 Å². The molecule has 2 aromatic rings. The van der Waals surface area contributed by atoms with Crippen molar-refractivity contribution < 1.29 is 14.3 Å². The molecule has 3 rings (SSSR count). The SMILES string of the molecule is Cc1c(NC(=O)Cc2csc(C(C)C)n2)cccc1C(=O)N1CCOCC1. The van der Waals surface area contributed by atoms with Crippen LogP contribution in [0.1, 0.15) is 46.4 Å². The van der Waals surface area contributed by atoms with E-state index in [0.29, 0.717) is 43.5 Å². The summed E-state index contributed by atoms with van der Waals surface area (Å²) in [4.78, 5) is 31.5. The van der Waals surface area contributed by atoms with Gasteiger partial charge < -0.3 is 15.0 Å². The summed E-state index contributed by atoms with van der Waals surface area (Å²) in [6.45, 7) is 8.35. The lowest BCUT2D eigenvalue weighted by Crippen LogP contribution is -2.41. The van der Waals surface area contributed by atoms with Crippen molar-refractivity contribution in [2.45, 2.75) is 33.1 Å². The molecule has 2 amide bonds. The number of anilines is 1. The van der Waals surface area contributed by atoms with Gasteiger partial charge in [-0.3, -0.25) is 9.59 Å². The summed E-state index contributed by atoms with van der Waals surface area (Å²) in [5.41, 5.74) is 2.84. The lowest BCUT2D eigenvalue weighted by molar-refractivity contribution is -0.115. The standard InChI is InChI=1S/C20H25N3O3S/c1-13(2)19-21-15(12-27-19)11-18(24)22-17-6-4-5-16(14(17)3)20(25)23-7-9-26-10-8-23/h4-6,12-13H,7-11H2,1-3H3,(H,22,24). The van der Waals surface area contributed by atoms with E-state index in [1.54, 1.807) is 28.4 Å². The molecule has 0 saturated carbocycles. The molecule has 0 spiro atoms. The highest BCUT2D eigenvalue weighted by molar-refractivity contribution is 7.09. The van der Waals surface area contributed by atoms with Gasteiger partial charge in [0.2, 0.25) is 5.91 Å². The molecule has 0 atom stereocenters. The predicted molar refractivity (Wildman–Crippen MR) is 106 cm³/mol. The summed E-state index contributed by atoms with van der Waals surface area (Å²) in [6.07, 6.45) is 0.226. The second-order valence-corrected chi connectivity index (χ2v) is 7.83. The zero-order valence-corrected chi connectivity index (χ0v) is 16.8. The van der Waals surface area contributed by atoms with E-state index in [1.165, 1.54) is 0 Å². The molecule has 1 aliphatic rings. The second kappa shape index (κ2) is 8.63. The van der Waals surface area contributed by atoms with Gasteiger partial charge in [-0.1, -0.05) is 19.9 Å². The minimum absolute atomic E-state index is 0.0204. The van der Waals surface area contributed by atoms with E-state index < -0.39 is 0 Å². The quantitative estimate of drug-likeness (QED) is 0.855. The number of hydrogen-bond donors (Lipinski definition) is 1. The van der Waals surface area contributed by atoms with Gasteiger partial charge in [-0.25, -0.2) is 4.98 Å². The van der Waals surface area contributed by atoms with Gasteiger partial charge in [-0.05, 0) is 24.6 Å². The summed E-state index contributed by atoms with van der Waals surface area (Å²) in [5.74, 6) is 0.208. The van der Waals surface area contributed by atoms with E-state index in [0.717, 1.165) is 16.3 Å². The van der Waals surface area contributed by atoms with Gasteiger partial charge in [0.15, 0.2) is 0 Å².